The predicted molar refractivity (Wildman–Crippen MR) is 86.6 cm³/mol. The average Bonchev–Trinajstić information content (AvgIpc) is 2.33. The molecular weight excluding hydrogens is 326 g/mol. The molecule has 0 heterocycles. The lowest BCUT2D eigenvalue weighted by Gasteiger charge is -2.15. The number of carbonyl (C=O) groups is 1. The van der Waals surface area contributed by atoms with Crippen LogP contribution < -0.4 is 5.32 Å². The van der Waals surface area contributed by atoms with E-state index in [2.05, 4.69) is 40.3 Å². The van der Waals surface area contributed by atoms with Crippen LogP contribution in [0.1, 0.15) is 36.0 Å². The molecule has 0 saturated carbocycles. The lowest BCUT2D eigenvalue weighted by Crippen LogP contribution is -2.23. The highest BCUT2D eigenvalue weighted by Gasteiger charge is 2.16. The number of hydrogen-bond acceptors (Lipinski definition) is 1. The molecule has 0 aliphatic carbocycles. The Kier molecular flexibility index (Phi) is 6.87. The number of alkyl halides is 2. The fraction of sp³-hybridized carbons (Fsp3) is 0.533. The molecule has 1 amide bonds. The van der Waals surface area contributed by atoms with E-state index in [1.54, 1.807) is 0 Å². The van der Waals surface area contributed by atoms with Gasteiger partial charge in [-0.3, -0.25) is 4.79 Å². The molecule has 1 aromatic rings. The van der Waals surface area contributed by atoms with Crippen LogP contribution in [0, 0.1) is 20.8 Å². The highest BCUT2D eigenvalue weighted by Crippen LogP contribution is 2.23. The van der Waals surface area contributed by atoms with Gasteiger partial charge in [0, 0.05) is 11.6 Å². The van der Waals surface area contributed by atoms with Crippen molar-refractivity contribution >= 4 is 39.1 Å². The summed E-state index contributed by atoms with van der Waals surface area (Å²) in [6.07, 6.45) is 2.71. The molecule has 19 heavy (non-hydrogen) atoms. The molecule has 0 fully saturated rings. The first kappa shape index (κ1) is 16.5. The fourth-order valence-electron chi connectivity index (χ4n) is 2.13. The second-order valence-corrected chi connectivity index (χ2v) is 6.40. The highest BCUT2D eigenvalue weighted by molar-refractivity contribution is 9.10. The standard InChI is InChI=1S/C15H21BrClNO/c1-10-8-11(2)14(12(3)9-10)18-15(19)13(16)6-4-5-7-17/h8-9,13H,4-7H2,1-3H3,(H,18,19)/t13-/m0/s1. The van der Waals surface area contributed by atoms with E-state index < -0.39 is 0 Å². The molecule has 0 radical (unpaired) electrons. The quantitative estimate of drug-likeness (QED) is 0.586. The highest BCUT2D eigenvalue weighted by atomic mass is 79.9. The largest absolute Gasteiger partial charge is 0.325 e. The Morgan fingerprint density at radius 3 is 2.37 bits per heavy atom. The average molecular weight is 347 g/mol. The van der Waals surface area contributed by atoms with E-state index in [0.717, 1.165) is 36.1 Å². The zero-order chi connectivity index (χ0) is 14.4. The molecule has 106 valence electrons. The number of benzene rings is 1. The Hall–Kier alpha value is -0.540. The molecule has 0 bridgehead atoms. The van der Waals surface area contributed by atoms with Gasteiger partial charge in [-0.25, -0.2) is 0 Å². The molecule has 2 nitrogen and oxygen atoms in total. The monoisotopic (exact) mass is 345 g/mol. The first-order chi connectivity index (χ1) is 8.95. The number of amides is 1. The topological polar surface area (TPSA) is 29.1 Å². The zero-order valence-corrected chi connectivity index (χ0v) is 14.1. The van der Waals surface area contributed by atoms with E-state index in [1.807, 2.05) is 13.8 Å². The zero-order valence-electron chi connectivity index (χ0n) is 11.7. The van der Waals surface area contributed by atoms with Crippen LogP contribution in [-0.4, -0.2) is 16.6 Å². The number of nitrogens with one attached hydrogen (secondary N) is 1. The Labute approximate surface area is 129 Å². The van der Waals surface area contributed by atoms with E-state index in [-0.39, 0.29) is 10.7 Å². The second kappa shape index (κ2) is 7.91. The Morgan fingerprint density at radius 1 is 1.26 bits per heavy atom. The molecule has 4 heteroatoms. The van der Waals surface area contributed by atoms with E-state index in [4.69, 9.17) is 11.6 Å². The molecule has 0 spiro atoms. The molecule has 1 aromatic carbocycles. The summed E-state index contributed by atoms with van der Waals surface area (Å²) in [5, 5.41) is 3.01. The van der Waals surface area contributed by atoms with E-state index >= 15 is 0 Å². The molecule has 1 N–H and O–H groups in total. The molecule has 0 aliphatic heterocycles. The number of hydrogen-bond donors (Lipinski definition) is 1. The third-order valence-electron chi connectivity index (χ3n) is 3.05. The lowest BCUT2D eigenvalue weighted by molar-refractivity contribution is -0.115. The number of rotatable bonds is 6. The minimum absolute atomic E-state index is 0.0182. The molecule has 1 rings (SSSR count). The van der Waals surface area contributed by atoms with Crippen LogP contribution in [0.25, 0.3) is 0 Å². The third kappa shape index (κ3) is 5.15. The van der Waals surface area contributed by atoms with Crippen LogP contribution in [0.4, 0.5) is 5.69 Å². The van der Waals surface area contributed by atoms with E-state index in [1.165, 1.54) is 5.56 Å². The molecule has 0 aromatic heterocycles. The van der Waals surface area contributed by atoms with Gasteiger partial charge in [-0.2, -0.15) is 0 Å². The first-order valence-electron chi connectivity index (χ1n) is 6.54. The maximum Gasteiger partial charge on any atom is 0.238 e. The normalized spacial score (nSPS) is 12.3. The van der Waals surface area contributed by atoms with Crippen LogP contribution in [0.2, 0.25) is 0 Å². The number of unbranched alkanes of at least 4 members (excludes halogenated alkanes) is 1. The summed E-state index contributed by atoms with van der Waals surface area (Å²) in [6, 6.07) is 4.17. The Bertz CT molecular complexity index is 425. The van der Waals surface area contributed by atoms with Gasteiger partial charge < -0.3 is 5.32 Å². The summed E-state index contributed by atoms with van der Waals surface area (Å²) in [5.74, 6) is 0.668. The summed E-state index contributed by atoms with van der Waals surface area (Å²) < 4.78 is 0. The SMILES string of the molecule is Cc1cc(C)c(NC(=O)[C@@H](Br)CCCCCl)c(C)c1. The van der Waals surface area contributed by atoms with Crippen molar-refractivity contribution in [2.75, 3.05) is 11.2 Å². The molecule has 0 unspecified atom stereocenters. The number of aryl methyl sites for hydroxylation is 3. The predicted octanol–water partition coefficient (Wildman–Crippen LogP) is 4.72. The summed E-state index contributed by atoms with van der Waals surface area (Å²) in [5.41, 5.74) is 4.35. The van der Waals surface area contributed by atoms with E-state index in [0.29, 0.717) is 5.88 Å². The number of halogens is 2. The van der Waals surface area contributed by atoms with Crippen molar-refractivity contribution in [3.05, 3.63) is 28.8 Å². The smallest absolute Gasteiger partial charge is 0.238 e. The molecule has 1 atom stereocenters. The van der Waals surface area contributed by atoms with Gasteiger partial charge in [-0.05, 0) is 44.7 Å². The van der Waals surface area contributed by atoms with Gasteiger partial charge in [0.15, 0.2) is 0 Å². The minimum atomic E-state index is -0.157. The van der Waals surface area contributed by atoms with Crippen LogP contribution in [0.5, 0.6) is 0 Å². The van der Waals surface area contributed by atoms with Gasteiger partial charge >= 0.3 is 0 Å². The van der Waals surface area contributed by atoms with Gasteiger partial charge in [0.25, 0.3) is 0 Å². The molecule has 0 aliphatic rings. The summed E-state index contributed by atoms with van der Waals surface area (Å²) in [7, 11) is 0. The summed E-state index contributed by atoms with van der Waals surface area (Å²) in [6.45, 7) is 6.10. The van der Waals surface area contributed by atoms with Gasteiger partial charge in [0.2, 0.25) is 5.91 Å². The van der Waals surface area contributed by atoms with Gasteiger partial charge in [-0.1, -0.05) is 40.0 Å². The maximum absolute atomic E-state index is 12.1. The summed E-state index contributed by atoms with van der Waals surface area (Å²) in [4.78, 5) is 11.9. The fourth-order valence-corrected chi connectivity index (χ4v) is 2.76. The Morgan fingerprint density at radius 2 is 1.84 bits per heavy atom. The van der Waals surface area contributed by atoms with Crippen molar-refractivity contribution in [1.29, 1.82) is 0 Å². The molecule has 0 saturated heterocycles. The Balaban J connectivity index is 2.66. The van der Waals surface area contributed by atoms with Gasteiger partial charge in [0.05, 0.1) is 4.83 Å². The van der Waals surface area contributed by atoms with Gasteiger partial charge in [0.1, 0.15) is 0 Å². The maximum atomic E-state index is 12.1. The van der Waals surface area contributed by atoms with Crippen LogP contribution in [0.3, 0.4) is 0 Å². The number of anilines is 1. The minimum Gasteiger partial charge on any atom is -0.325 e. The van der Waals surface area contributed by atoms with Crippen LogP contribution in [-0.2, 0) is 4.79 Å². The first-order valence-corrected chi connectivity index (χ1v) is 7.99. The van der Waals surface area contributed by atoms with Crippen molar-refractivity contribution < 1.29 is 4.79 Å². The van der Waals surface area contributed by atoms with Gasteiger partial charge in [-0.15, -0.1) is 11.6 Å². The molecular formula is C15H21BrClNO. The second-order valence-electron chi connectivity index (χ2n) is 4.92. The van der Waals surface area contributed by atoms with Crippen molar-refractivity contribution in [2.24, 2.45) is 0 Å². The van der Waals surface area contributed by atoms with Crippen LogP contribution >= 0.6 is 27.5 Å². The van der Waals surface area contributed by atoms with Crippen molar-refractivity contribution in [3.8, 4) is 0 Å². The third-order valence-corrected chi connectivity index (χ3v) is 4.19. The summed E-state index contributed by atoms with van der Waals surface area (Å²) >= 11 is 9.07. The number of carbonyl (C=O) groups excluding carboxylic acids is 1. The van der Waals surface area contributed by atoms with Crippen molar-refractivity contribution in [2.45, 2.75) is 44.9 Å². The van der Waals surface area contributed by atoms with Crippen molar-refractivity contribution in [3.63, 3.8) is 0 Å². The van der Waals surface area contributed by atoms with E-state index in [9.17, 15) is 4.79 Å². The lowest BCUT2D eigenvalue weighted by atomic mass is 10.0. The van der Waals surface area contributed by atoms with Crippen molar-refractivity contribution in [1.82, 2.24) is 0 Å². The van der Waals surface area contributed by atoms with Crippen LogP contribution in [0.15, 0.2) is 12.1 Å².